The van der Waals surface area contributed by atoms with Gasteiger partial charge in [-0.15, -0.1) is 0 Å². The van der Waals surface area contributed by atoms with Crippen LogP contribution >= 0.6 is 0 Å². The van der Waals surface area contributed by atoms with Crippen molar-refractivity contribution >= 4 is 5.82 Å². The van der Waals surface area contributed by atoms with Crippen LogP contribution in [0.2, 0.25) is 0 Å². The highest BCUT2D eigenvalue weighted by molar-refractivity contribution is 5.47. The van der Waals surface area contributed by atoms with Crippen LogP contribution in [0.3, 0.4) is 0 Å². The molecule has 1 aromatic heterocycles. The molecule has 1 aliphatic heterocycles. The molecule has 0 aliphatic carbocycles. The van der Waals surface area contributed by atoms with Crippen LogP contribution in [-0.4, -0.2) is 30.2 Å². The minimum atomic E-state index is -0.0182. The summed E-state index contributed by atoms with van der Waals surface area (Å²) in [4.78, 5) is 9.40. The molecule has 0 fully saturated rings. The number of nitrogens with zero attached hydrogens (tertiary/aromatic N) is 2. The second kappa shape index (κ2) is 7.55. The average molecular weight is 279 g/mol. The molecule has 2 rings (SSSR count). The number of hydrogen-bond acceptors (Lipinski definition) is 5. The molecule has 0 aromatic carbocycles. The first-order chi connectivity index (χ1) is 9.80. The Kier molecular flexibility index (Phi) is 5.73. The van der Waals surface area contributed by atoms with Gasteiger partial charge in [-0.1, -0.05) is 20.3 Å². The van der Waals surface area contributed by atoms with Gasteiger partial charge in [0, 0.05) is 25.6 Å². The van der Waals surface area contributed by atoms with Crippen molar-refractivity contribution in [2.45, 2.75) is 52.2 Å². The standard InChI is InChI=1S/C15H25N3O2/c1-4-6-13(19-3)15-17-12-7-9-20-10-11(12)14(18-15)16-8-5-2/h13H,4-10H2,1-3H3,(H,16,17,18). The van der Waals surface area contributed by atoms with Crippen molar-refractivity contribution in [1.29, 1.82) is 0 Å². The normalized spacial score (nSPS) is 15.8. The van der Waals surface area contributed by atoms with E-state index < -0.39 is 0 Å². The summed E-state index contributed by atoms with van der Waals surface area (Å²) in [5, 5.41) is 3.40. The molecule has 0 saturated carbocycles. The first-order valence-electron chi connectivity index (χ1n) is 7.54. The van der Waals surface area contributed by atoms with Crippen LogP contribution < -0.4 is 5.32 Å². The third-order valence-electron chi connectivity index (χ3n) is 3.51. The van der Waals surface area contributed by atoms with Crippen molar-refractivity contribution < 1.29 is 9.47 Å². The van der Waals surface area contributed by atoms with E-state index in [1.807, 2.05) is 0 Å². The molecule has 0 bridgehead atoms. The minimum absolute atomic E-state index is 0.0182. The van der Waals surface area contributed by atoms with E-state index in [1.165, 1.54) is 0 Å². The van der Waals surface area contributed by atoms with Crippen molar-refractivity contribution in [2.24, 2.45) is 0 Å². The van der Waals surface area contributed by atoms with Crippen LogP contribution in [-0.2, 0) is 22.5 Å². The smallest absolute Gasteiger partial charge is 0.159 e. The number of ether oxygens (including phenoxy) is 2. The average Bonchev–Trinajstić information content (AvgIpc) is 2.50. The summed E-state index contributed by atoms with van der Waals surface area (Å²) >= 11 is 0. The van der Waals surface area contributed by atoms with Crippen LogP contribution in [0.1, 0.15) is 56.3 Å². The van der Waals surface area contributed by atoms with Gasteiger partial charge >= 0.3 is 0 Å². The number of methoxy groups -OCH3 is 1. The fraction of sp³-hybridized carbons (Fsp3) is 0.733. The van der Waals surface area contributed by atoms with E-state index in [0.717, 1.165) is 61.7 Å². The van der Waals surface area contributed by atoms with E-state index in [2.05, 4.69) is 24.1 Å². The molecule has 0 radical (unpaired) electrons. The Labute approximate surface area is 121 Å². The Morgan fingerprint density at radius 2 is 2.15 bits per heavy atom. The zero-order valence-corrected chi connectivity index (χ0v) is 12.7. The molecule has 112 valence electrons. The second-order valence-corrected chi connectivity index (χ2v) is 5.10. The molecule has 5 heteroatoms. The van der Waals surface area contributed by atoms with Crippen molar-refractivity contribution in [3.63, 3.8) is 0 Å². The van der Waals surface area contributed by atoms with Crippen LogP contribution in [0.5, 0.6) is 0 Å². The quantitative estimate of drug-likeness (QED) is 0.831. The number of fused-ring (bicyclic) bond motifs is 1. The summed E-state index contributed by atoms with van der Waals surface area (Å²) in [6.45, 7) is 6.55. The predicted molar refractivity (Wildman–Crippen MR) is 78.8 cm³/mol. The molecule has 1 aromatic rings. The van der Waals surface area contributed by atoms with E-state index in [1.54, 1.807) is 7.11 Å². The molecule has 1 N–H and O–H groups in total. The number of hydrogen-bond donors (Lipinski definition) is 1. The highest BCUT2D eigenvalue weighted by Crippen LogP contribution is 2.26. The zero-order valence-electron chi connectivity index (χ0n) is 12.7. The number of aromatic nitrogens is 2. The van der Waals surface area contributed by atoms with Gasteiger partial charge in [-0.25, -0.2) is 9.97 Å². The summed E-state index contributed by atoms with van der Waals surface area (Å²) in [7, 11) is 1.73. The van der Waals surface area contributed by atoms with Crippen molar-refractivity contribution in [2.75, 3.05) is 25.6 Å². The molecule has 5 nitrogen and oxygen atoms in total. The Morgan fingerprint density at radius 3 is 2.85 bits per heavy atom. The molecule has 1 atom stereocenters. The SMILES string of the molecule is CCCNc1nc(C(CCC)OC)nc2c1COCC2. The predicted octanol–water partition coefficient (Wildman–Crippen LogP) is 2.86. The monoisotopic (exact) mass is 279 g/mol. The first-order valence-corrected chi connectivity index (χ1v) is 7.54. The van der Waals surface area contributed by atoms with Gasteiger partial charge in [0.1, 0.15) is 11.9 Å². The van der Waals surface area contributed by atoms with Crippen LogP contribution in [0, 0.1) is 0 Å². The summed E-state index contributed by atoms with van der Waals surface area (Å²) in [5.74, 6) is 1.72. The lowest BCUT2D eigenvalue weighted by Gasteiger charge is -2.22. The van der Waals surface area contributed by atoms with Gasteiger partial charge in [0.25, 0.3) is 0 Å². The second-order valence-electron chi connectivity index (χ2n) is 5.10. The number of rotatable bonds is 7. The Morgan fingerprint density at radius 1 is 1.30 bits per heavy atom. The Hall–Kier alpha value is -1.20. The van der Waals surface area contributed by atoms with E-state index in [9.17, 15) is 0 Å². The van der Waals surface area contributed by atoms with Crippen LogP contribution in [0.4, 0.5) is 5.82 Å². The van der Waals surface area contributed by atoms with Crippen molar-refractivity contribution in [3.05, 3.63) is 17.1 Å². The van der Waals surface area contributed by atoms with Crippen molar-refractivity contribution in [1.82, 2.24) is 9.97 Å². The van der Waals surface area contributed by atoms with Gasteiger partial charge in [0.05, 0.1) is 18.9 Å². The maximum atomic E-state index is 5.54. The largest absolute Gasteiger partial charge is 0.376 e. The lowest BCUT2D eigenvalue weighted by Crippen LogP contribution is -2.20. The van der Waals surface area contributed by atoms with E-state index in [-0.39, 0.29) is 6.10 Å². The van der Waals surface area contributed by atoms with Crippen LogP contribution in [0.25, 0.3) is 0 Å². The minimum Gasteiger partial charge on any atom is -0.376 e. The lowest BCUT2D eigenvalue weighted by molar-refractivity contribution is 0.0851. The molecule has 2 heterocycles. The molecular formula is C15H25N3O2. The zero-order chi connectivity index (χ0) is 14.4. The van der Waals surface area contributed by atoms with E-state index in [4.69, 9.17) is 14.5 Å². The molecule has 0 amide bonds. The third-order valence-corrected chi connectivity index (χ3v) is 3.51. The molecule has 1 aliphatic rings. The van der Waals surface area contributed by atoms with Gasteiger partial charge in [0.15, 0.2) is 5.82 Å². The third kappa shape index (κ3) is 3.46. The van der Waals surface area contributed by atoms with Gasteiger partial charge in [0.2, 0.25) is 0 Å². The molecule has 0 spiro atoms. The Bertz CT molecular complexity index is 437. The highest BCUT2D eigenvalue weighted by Gasteiger charge is 2.21. The topological polar surface area (TPSA) is 56.3 Å². The van der Waals surface area contributed by atoms with Crippen molar-refractivity contribution in [3.8, 4) is 0 Å². The highest BCUT2D eigenvalue weighted by atomic mass is 16.5. The maximum Gasteiger partial charge on any atom is 0.159 e. The van der Waals surface area contributed by atoms with Gasteiger partial charge in [-0.3, -0.25) is 0 Å². The van der Waals surface area contributed by atoms with Gasteiger partial charge < -0.3 is 14.8 Å². The van der Waals surface area contributed by atoms with Crippen LogP contribution in [0.15, 0.2) is 0 Å². The maximum absolute atomic E-state index is 5.54. The van der Waals surface area contributed by atoms with E-state index >= 15 is 0 Å². The fourth-order valence-corrected chi connectivity index (χ4v) is 2.40. The Balaban J connectivity index is 2.32. The summed E-state index contributed by atoms with van der Waals surface area (Å²) in [6.07, 6.45) is 3.90. The first kappa shape index (κ1) is 15.2. The summed E-state index contributed by atoms with van der Waals surface area (Å²) in [6, 6.07) is 0. The molecule has 0 saturated heterocycles. The molecule has 20 heavy (non-hydrogen) atoms. The number of nitrogens with one attached hydrogen (secondary N) is 1. The summed E-state index contributed by atoms with van der Waals surface area (Å²) < 4.78 is 11.1. The lowest BCUT2D eigenvalue weighted by atomic mass is 10.1. The molecule has 1 unspecified atom stereocenters. The van der Waals surface area contributed by atoms with Gasteiger partial charge in [-0.2, -0.15) is 0 Å². The fourth-order valence-electron chi connectivity index (χ4n) is 2.40. The van der Waals surface area contributed by atoms with E-state index in [0.29, 0.717) is 6.61 Å². The van der Waals surface area contributed by atoms with Gasteiger partial charge in [-0.05, 0) is 12.8 Å². The summed E-state index contributed by atoms with van der Waals surface area (Å²) in [5.41, 5.74) is 2.22. The molecular weight excluding hydrogens is 254 g/mol. The number of anilines is 1.